The molecule has 1 aromatic rings. The molecule has 1 saturated heterocycles. The molecule has 1 fully saturated rings. The summed E-state index contributed by atoms with van der Waals surface area (Å²) in [6.45, 7) is 22.2. The van der Waals surface area contributed by atoms with Crippen LogP contribution >= 0.6 is 0 Å². The fourth-order valence-electron chi connectivity index (χ4n) is 8.21. The predicted molar refractivity (Wildman–Crippen MR) is 232 cm³/mol. The van der Waals surface area contributed by atoms with Crippen LogP contribution in [0.2, 0.25) is 0 Å². The Hall–Kier alpha value is -3.55. The first-order chi connectivity index (χ1) is 27.1. The summed E-state index contributed by atoms with van der Waals surface area (Å²) in [5.41, 5.74) is 0.134. The number of nitrogens with zero attached hydrogens (tertiary/aromatic N) is 3. The lowest BCUT2D eigenvalue weighted by Gasteiger charge is -2.41. The average Bonchev–Trinajstić information content (AvgIpc) is 3.65. The fourth-order valence-corrected chi connectivity index (χ4v) is 8.21. The molecular weight excluding hydrogens is 739 g/mol. The third-order valence-electron chi connectivity index (χ3n) is 11.7. The van der Waals surface area contributed by atoms with E-state index in [9.17, 15) is 24.0 Å². The molecular formula is C45H81N5O8. The van der Waals surface area contributed by atoms with Crippen LogP contribution in [-0.4, -0.2) is 134 Å². The van der Waals surface area contributed by atoms with Crippen molar-refractivity contribution >= 4 is 29.6 Å². The molecule has 0 unspecified atom stereocenters. The van der Waals surface area contributed by atoms with Crippen molar-refractivity contribution in [3.8, 4) is 0 Å². The molecule has 9 atom stereocenters. The van der Waals surface area contributed by atoms with Gasteiger partial charge in [-0.2, -0.15) is 0 Å². The summed E-state index contributed by atoms with van der Waals surface area (Å²) in [6, 6.07) is 6.49. The highest BCUT2D eigenvalue weighted by Crippen LogP contribution is 2.30. The zero-order chi connectivity index (χ0) is 44.1. The van der Waals surface area contributed by atoms with Crippen LogP contribution in [-0.2, 0) is 44.6 Å². The van der Waals surface area contributed by atoms with Gasteiger partial charge in [0.25, 0.3) is 0 Å². The van der Waals surface area contributed by atoms with E-state index in [0.717, 1.165) is 18.4 Å². The number of methoxy groups -OCH3 is 2. The summed E-state index contributed by atoms with van der Waals surface area (Å²) in [5.74, 6) is -2.39. The minimum absolute atomic E-state index is 0. The summed E-state index contributed by atoms with van der Waals surface area (Å²) < 4.78 is 17.7. The van der Waals surface area contributed by atoms with Crippen LogP contribution in [0.1, 0.15) is 110 Å². The minimum Gasteiger partial charge on any atom is -0.458 e. The van der Waals surface area contributed by atoms with Gasteiger partial charge in [0.15, 0.2) is 0 Å². The first-order valence-corrected chi connectivity index (χ1v) is 21.3. The maximum Gasteiger partial charge on any atom is 0.329 e. The van der Waals surface area contributed by atoms with Gasteiger partial charge in [0.05, 0.1) is 42.7 Å². The molecule has 0 aromatic heterocycles. The van der Waals surface area contributed by atoms with E-state index in [1.807, 2.05) is 90.7 Å². The third-order valence-corrected chi connectivity index (χ3v) is 11.7. The molecule has 1 aliphatic heterocycles. The largest absolute Gasteiger partial charge is 0.458 e. The Morgan fingerprint density at radius 2 is 1.52 bits per heavy atom. The zero-order valence-corrected chi connectivity index (χ0v) is 38.3. The summed E-state index contributed by atoms with van der Waals surface area (Å²) in [4.78, 5) is 75.0. The van der Waals surface area contributed by atoms with Gasteiger partial charge >= 0.3 is 5.97 Å². The molecule has 1 heterocycles. The SMILES string of the molecule is CC[C@H](C)[C@@H]([C@@H](CC(=O)N1CCC[C@H]1[C@H](OC)[C@@H](C)C(=O)N[C@@H](Cc1ccccc1)C(=O)OC(C)(C)C)OC)N(C)C(=O)[C@@H](NC(=O)[C@H](C(C)C)N(C)CC)C(C)C.[HH].[HH]. The zero-order valence-electron chi connectivity index (χ0n) is 38.3. The number of esters is 1. The normalized spacial score (nSPS) is 18.9. The third kappa shape index (κ3) is 14.0. The topological polar surface area (TPSA) is 147 Å². The molecule has 13 heteroatoms. The van der Waals surface area contributed by atoms with Gasteiger partial charge in [-0.1, -0.05) is 92.1 Å². The van der Waals surface area contributed by atoms with Crippen molar-refractivity contribution in [3.05, 3.63) is 35.9 Å². The highest BCUT2D eigenvalue weighted by Gasteiger charge is 2.43. The lowest BCUT2D eigenvalue weighted by Crippen LogP contribution is -2.60. The second kappa shape index (κ2) is 23.3. The summed E-state index contributed by atoms with van der Waals surface area (Å²) in [5, 5.41) is 6.01. The van der Waals surface area contributed by atoms with Crippen LogP contribution in [0.4, 0.5) is 0 Å². The smallest absolute Gasteiger partial charge is 0.329 e. The first-order valence-electron chi connectivity index (χ1n) is 21.3. The summed E-state index contributed by atoms with van der Waals surface area (Å²) in [6.07, 6.45) is 1.04. The van der Waals surface area contributed by atoms with E-state index in [1.165, 1.54) is 7.11 Å². The molecule has 334 valence electrons. The van der Waals surface area contributed by atoms with Crippen molar-refractivity contribution in [1.29, 1.82) is 0 Å². The number of rotatable bonds is 22. The molecule has 1 aliphatic rings. The van der Waals surface area contributed by atoms with Crippen LogP contribution in [0.25, 0.3) is 0 Å². The number of ether oxygens (including phenoxy) is 3. The Labute approximate surface area is 352 Å². The van der Waals surface area contributed by atoms with Crippen molar-refractivity contribution in [3.63, 3.8) is 0 Å². The Balaban J connectivity index is 0.0000174. The van der Waals surface area contributed by atoms with Gasteiger partial charge in [0.2, 0.25) is 23.6 Å². The van der Waals surface area contributed by atoms with E-state index in [2.05, 4.69) is 10.6 Å². The molecule has 13 nitrogen and oxygen atoms in total. The van der Waals surface area contributed by atoms with E-state index >= 15 is 0 Å². The van der Waals surface area contributed by atoms with Gasteiger partial charge in [-0.3, -0.25) is 24.1 Å². The van der Waals surface area contributed by atoms with Crippen LogP contribution in [0.15, 0.2) is 30.3 Å². The van der Waals surface area contributed by atoms with E-state index < -0.39 is 59.9 Å². The van der Waals surface area contributed by atoms with E-state index in [0.29, 0.717) is 19.5 Å². The van der Waals surface area contributed by atoms with Crippen LogP contribution in [0.3, 0.4) is 0 Å². The van der Waals surface area contributed by atoms with Gasteiger partial charge in [-0.05, 0) is 70.5 Å². The molecule has 0 radical (unpaired) electrons. The summed E-state index contributed by atoms with van der Waals surface area (Å²) in [7, 11) is 6.74. The number of hydrogen-bond donors (Lipinski definition) is 2. The van der Waals surface area contributed by atoms with Crippen LogP contribution in [0, 0.1) is 23.7 Å². The molecule has 0 bridgehead atoms. The number of nitrogens with one attached hydrogen (secondary N) is 2. The van der Waals surface area contributed by atoms with Gasteiger partial charge in [0.1, 0.15) is 17.7 Å². The lowest BCUT2D eigenvalue weighted by atomic mass is 9.89. The molecule has 0 spiro atoms. The Morgan fingerprint density at radius 3 is 2.02 bits per heavy atom. The Morgan fingerprint density at radius 1 is 0.897 bits per heavy atom. The first kappa shape index (κ1) is 50.6. The van der Waals surface area contributed by atoms with E-state index in [-0.39, 0.29) is 57.1 Å². The Bertz CT molecular complexity index is 1480. The lowest BCUT2D eigenvalue weighted by molar-refractivity contribution is -0.159. The van der Waals surface area contributed by atoms with Crippen LogP contribution in [0.5, 0.6) is 0 Å². The monoisotopic (exact) mass is 820 g/mol. The van der Waals surface area contributed by atoms with Gasteiger partial charge < -0.3 is 34.6 Å². The van der Waals surface area contributed by atoms with Crippen molar-refractivity contribution in [2.75, 3.05) is 41.4 Å². The maximum atomic E-state index is 14.3. The standard InChI is InChI=1S/C45H77N5O8.2H2/c1-16-30(7)39(49(13)43(54)37(28(3)4)47-42(53)38(29(5)6)48(12)17-2)35(56-14)27-36(51)50-25-21-24-34(50)40(57-15)31(8)41(52)46-33(44(55)58-45(9,10)11)26-32-22-19-18-20-23-32;;/h18-20,22-23,28-31,33-35,37-40H,16-17,21,24-27H2,1-15H3,(H,46,52)(H,47,53);2*1H/t30-,31+,33-,34-,35+,37-,38-,39-,40+;;/m0../s1. The minimum atomic E-state index is -0.923. The molecule has 2 N–H and O–H groups in total. The molecule has 4 amide bonds. The molecule has 0 aliphatic carbocycles. The fraction of sp³-hybridized carbons (Fsp3) is 0.756. The molecule has 0 saturated carbocycles. The second-order valence-corrected chi connectivity index (χ2v) is 17.9. The van der Waals surface area contributed by atoms with E-state index in [4.69, 9.17) is 14.2 Å². The van der Waals surface area contributed by atoms with Crippen molar-refractivity contribution in [2.24, 2.45) is 23.7 Å². The molecule has 1 aromatic carbocycles. The Kier molecular flexibility index (Phi) is 20.3. The van der Waals surface area contributed by atoms with Crippen molar-refractivity contribution in [2.45, 2.75) is 156 Å². The van der Waals surface area contributed by atoms with Crippen molar-refractivity contribution in [1.82, 2.24) is 25.3 Å². The number of amides is 4. The number of hydrogen-bond acceptors (Lipinski definition) is 9. The van der Waals surface area contributed by atoms with Crippen molar-refractivity contribution < 1.29 is 41.0 Å². The highest BCUT2D eigenvalue weighted by molar-refractivity contribution is 5.90. The predicted octanol–water partition coefficient (Wildman–Crippen LogP) is 5.59. The number of likely N-dealkylation sites (N-methyl/N-ethyl adjacent to an activating group) is 2. The quantitative estimate of drug-likeness (QED) is 0.143. The average molecular weight is 820 g/mol. The van der Waals surface area contributed by atoms with Gasteiger partial charge in [-0.15, -0.1) is 0 Å². The highest BCUT2D eigenvalue weighted by atomic mass is 16.6. The number of carbonyl (C=O) groups excluding carboxylic acids is 5. The number of carbonyl (C=O) groups is 5. The second-order valence-electron chi connectivity index (χ2n) is 17.9. The van der Waals surface area contributed by atoms with Crippen LogP contribution < -0.4 is 10.6 Å². The molecule has 2 rings (SSSR count). The molecule has 58 heavy (non-hydrogen) atoms. The van der Waals surface area contributed by atoms with Gasteiger partial charge in [-0.25, -0.2) is 4.79 Å². The van der Waals surface area contributed by atoms with Gasteiger partial charge in [0, 0.05) is 37.1 Å². The maximum absolute atomic E-state index is 14.3. The summed E-state index contributed by atoms with van der Waals surface area (Å²) >= 11 is 0. The number of benzene rings is 1. The number of likely N-dealkylation sites (tertiary alicyclic amines) is 1. The van der Waals surface area contributed by atoms with E-state index in [1.54, 1.807) is 51.7 Å².